The van der Waals surface area contributed by atoms with Gasteiger partial charge in [-0.3, -0.25) is 0 Å². The minimum absolute atomic E-state index is 0.0357. The molecule has 30 heavy (non-hydrogen) atoms. The fourth-order valence-corrected chi connectivity index (χ4v) is 5.02. The van der Waals surface area contributed by atoms with E-state index in [1.807, 2.05) is 0 Å². The number of nitrogens with zero attached hydrogens (tertiary/aromatic N) is 6. The van der Waals surface area contributed by atoms with Crippen LogP contribution in [0.15, 0.2) is 12.3 Å². The van der Waals surface area contributed by atoms with Crippen LogP contribution in [0.2, 0.25) is 0 Å². The van der Waals surface area contributed by atoms with Gasteiger partial charge in [-0.1, -0.05) is 0 Å². The Labute approximate surface area is 170 Å². The number of rotatable bonds is 3. The minimum Gasteiger partial charge on any atom is -0.382 e. The van der Waals surface area contributed by atoms with Gasteiger partial charge in [-0.25, -0.2) is 15.0 Å². The van der Waals surface area contributed by atoms with Crippen LogP contribution in [0.5, 0.6) is 0 Å². The van der Waals surface area contributed by atoms with Crippen molar-refractivity contribution < 1.29 is 17.9 Å². The smallest absolute Gasteiger partial charge is 0.382 e. The van der Waals surface area contributed by atoms with Crippen LogP contribution in [0, 0.1) is 5.92 Å². The van der Waals surface area contributed by atoms with Crippen LogP contribution in [0.4, 0.5) is 30.8 Å². The van der Waals surface area contributed by atoms with E-state index in [4.69, 9.17) is 15.5 Å². The molecule has 4 bridgehead atoms. The monoisotopic (exact) mass is 419 g/mol. The van der Waals surface area contributed by atoms with Crippen LogP contribution < -0.4 is 15.5 Å². The molecule has 6 heterocycles. The average Bonchev–Trinajstić information content (AvgIpc) is 3.46. The van der Waals surface area contributed by atoms with E-state index in [2.05, 4.69) is 24.8 Å². The van der Waals surface area contributed by atoms with E-state index in [0.29, 0.717) is 42.6 Å². The summed E-state index contributed by atoms with van der Waals surface area (Å²) in [6.07, 6.45) is -0.111. The molecule has 11 heteroatoms. The number of hydrogen-bond donors (Lipinski definition) is 1. The van der Waals surface area contributed by atoms with E-state index in [0.717, 1.165) is 25.8 Å². The van der Waals surface area contributed by atoms with Crippen LogP contribution in [0.1, 0.15) is 25.0 Å². The average molecular weight is 419 g/mol. The molecule has 158 valence electrons. The first-order chi connectivity index (χ1) is 14.3. The molecule has 0 radical (unpaired) electrons. The van der Waals surface area contributed by atoms with Gasteiger partial charge in [-0.05, 0) is 25.2 Å². The molecule has 2 aromatic heterocycles. The fourth-order valence-electron chi connectivity index (χ4n) is 5.02. The molecule has 2 N–H and O–H groups in total. The molecule has 5 aliphatic rings. The molecule has 2 aromatic rings. The minimum atomic E-state index is -4.69. The lowest BCUT2D eigenvalue weighted by atomic mass is 9.86. The van der Waals surface area contributed by atoms with Gasteiger partial charge in [0.15, 0.2) is 11.5 Å². The van der Waals surface area contributed by atoms with Gasteiger partial charge in [-0.15, -0.1) is 0 Å². The lowest BCUT2D eigenvalue weighted by Crippen LogP contribution is -2.38. The molecule has 0 spiro atoms. The summed E-state index contributed by atoms with van der Waals surface area (Å²) < 4.78 is 45.6. The molecule has 0 aromatic carbocycles. The van der Waals surface area contributed by atoms with Crippen molar-refractivity contribution in [3.63, 3.8) is 0 Å². The van der Waals surface area contributed by atoms with Gasteiger partial charge >= 0.3 is 6.18 Å². The number of alkyl halides is 3. The summed E-state index contributed by atoms with van der Waals surface area (Å²) in [7, 11) is 0. The highest BCUT2D eigenvalue weighted by atomic mass is 19.4. The molecule has 1 saturated carbocycles. The summed E-state index contributed by atoms with van der Waals surface area (Å²) in [5, 5.41) is 0. The zero-order valence-corrected chi connectivity index (χ0v) is 16.0. The predicted molar refractivity (Wildman–Crippen MR) is 102 cm³/mol. The molecule has 7 rings (SSSR count). The Hall–Kier alpha value is -2.69. The van der Waals surface area contributed by atoms with Crippen molar-refractivity contribution in [1.29, 1.82) is 0 Å². The van der Waals surface area contributed by atoms with E-state index in [1.165, 1.54) is 6.20 Å². The van der Waals surface area contributed by atoms with Gasteiger partial charge in [0.25, 0.3) is 0 Å². The molecular formula is C19H20F3N7O. The highest BCUT2D eigenvalue weighted by molar-refractivity contribution is 5.64. The number of anilines is 3. The second kappa shape index (κ2) is 6.16. The molecule has 4 aliphatic heterocycles. The topological polar surface area (TPSA) is 93.3 Å². The van der Waals surface area contributed by atoms with Crippen molar-refractivity contribution in [1.82, 2.24) is 19.9 Å². The first kappa shape index (κ1) is 18.1. The highest BCUT2D eigenvalue weighted by Crippen LogP contribution is 2.43. The van der Waals surface area contributed by atoms with Crippen LogP contribution in [0.25, 0.3) is 11.4 Å². The predicted octanol–water partition coefficient (Wildman–Crippen LogP) is 2.11. The Morgan fingerprint density at radius 3 is 2.47 bits per heavy atom. The molecule has 0 amide bonds. The summed E-state index contributed by atoms with van der Waals surface area (Å²) in [6, 6.07) is 2.33. The molecule has 5 fully saturated rings. The van der Waals surface area contributed by atoms with Crippen molar-refractivity contribution in [2.75, 3.05) is 35.2 Å². The molecule has 0 unspecified atom stereocenters. The zero-order chi connectivity index (χ0) is 20.6. The quantitative estimate of drug-likeness (QED) is 0.809. The number of halogens is 3. The van der Waals surface area contributed by atoms with Crippen molar-refractivity contribution in [2.45, 2.75) is 43.6 Å². The summed E-state index contributed by atoms with van der Waals surface area (Å²) in [6.45, 7) is 2.23. The number of hydrogen-bond acceptors (Lipinski definition) is 8. The number of nitrogen functional groups attached to an aromatic ring is 1. The number of morpholine rings is 1. The summed E-state index contributed by atoms with van der Waals surface area (Å²) >= 11 is 0. The van der Waals surface area contributed by atoms with Gasteiger partial charge < -0.3 is 20.3 Å². The molecule has 2 atom stereocenters. The number of aromatic nitrogens is 4. The standard InChI is InChI=1S/C19H20F3N7O/c20-19(21,22)16-17(23)24-5-14(25-16)13-4-15(28-7-12-3-11(28)8-30-12)27-18(26-13)29-6-9-1-10(29)2-9/h4-5,9-12H,1-3,6-8H2,(H2,23,24)/t9?,10?,11-,12-/m0/s1. The fraction of sp³-hybridized carbons (Fsp3) is 0.579. The molecular weight excluding hydrogens is 399 g/mol. The Kier molecular flexibility index (Phi) is 3.72. The Morgan fingerprint density at radius 1 is 1.00 bits per heavy atom. The Morgan fingerprint density at radius 2 is 1.83 bits per heavy atom. The van der Waals surface area contributed by atoms with E-state index in [-0.39, 0.29) is 17.8 Å². The van der Waals surface area contributed by atoms with E-state index < -0.39 is 17.7 Å². The van der Waals surface area contributed by atoms with Crippen LogP contribution in [0.3, 0.4) is 0 Å². The maximum Gasteiger partial charge on any atom is 0.437 e. The van der Waals surface area contributed by atoms with Crippen molar-refractivity contribution in [3.8, 4) is 11.4 Å². The second-order valence-corrected chi connectivity index (χ2v) is 8.54. The SMILES string of the molecule is Nc1ncc(-c2cc(N3C[C@@H]4C[C@H]3CO4)nc(N3CC4CC3C4)n2)nc1C(F)(F)F. The first-order valence-corrected chi connectivity index (χ1v) is 10.1. The largest absolute Gasteiger partial charge is 0.437 e. The summed E-state index contributed by atoms with van der Waals surface area (Å²) in [5.41, 5.74) is 4.58. The van der Waals surface area contributed by atoms with Crippen LogP contribution in [-0.2, 0) is 10.9 Å². The van der Waals surface area contributed by atoms with Crippen LogP contribution in [-0.4, -0.2) is 57.8 Å². The number of fused-ring (bicyclic) bond motifs is 3. The van der Waals surface area contributed by atoms with Crippen molar-refractivity contribution >= 4 is 17.6 Å². The summed E-state index contributed by atoms with van der Waals surface area (Å²) in [5.74, 6) is 1.25. The maximum atomic E-state index is 13.3. The third-order valence-corrected chi connectivity index (χ3v) is 6.59. The van der Waals surface area contributed by atoms with E-state index in [1.54, 1.807) is 6.07 Å². The van der Waals surface area contributed by atoms with E-state index in [9.17, 15) is 13.2 Å². The zero-order valence-electron chi connectivity index (χ0n) is 16.0. The first-order valence-electron chi connectivity index (χ1n) is 10.1. The van der Waals surface area contributed by atoms with Crippen molar-refractivity contribution in [2.24, 2.45) is 5.92 Å². The normalized spacial score (nSPS) is 29.6. The van der Waals surface area contributed by atoms with Crippen molar-refractivity contribution in [3.05, 3.63) is 18.0 Å². The lowest BCUT2D eigenvalue weighted by Gasteiger charge is -2.30. The number of nitrogens with two attached hydrogens (primary N) is 1. The van der Waals surface area contributed by atoms with Gasteiger partial charge in [0, 0.05) is 25.2 Å². The third kappa shape index (κ3) is 2.78. The van der Waals surface area contributed by atoms with Crippen LogP contribution >= 0.6 is 0 Å². The molecule has 8 nitrogen and oxygen atoms in total. The van der Waals surface area contributed by atoms with Gasteiger partial charge in [0.1, 0.15) is 11.5 Å². The maximum absolute atomic E-state index is 13.3. The van der Waals surface area contributed by atoms with Gasteiger partial charge in [0.2, 0.25) is 5.95 Å². The number of ether oxygens (including phenoxy) is 1. The van der Waals surface area contributed by atoms with Gasteiger partial charge in [0.05, 0.1) is 30.6 Å². The third-order valence-electron chi connectivity index (χ3n) is 6.59. The Balaban J connectivity index is 1.44. The second-order valence-electron chi connectivity index (χ2n) is 8.54. The highest BCUT2D eigenvalue weighted by Gasteiger charge is 2.45. The molecule has 1 aliphatic carbocycles. The Bertz CT molecular complexity index is 1010. The van der Waals surface area contributed by atoms with Gasteiger partial charge in [-0.2, -0.15) is 18.2 Å². The summed E-state index contributed by atoms with van der Waals surface area (Å²) in [4.78, 5) is 21.2. The molecule has 4 saturated heterocycles. The lowest BCUT2D eigenvalue weighted by molar-refractivity contribution is -0.140. The van der Waals surface area contributed by atoms with E-state index >= 15 is 0 Å².